The van der Waals surface area contributed by atoms with Gasteiger partial charge < -0.3 is 10.1 Å². The summed E-state index contributed by atoms with van der Waals surface area (Å²) in [7, 11) is 0. The average molecular weight is 438 g/mol. The molecule has 1 N–H and O–H groups in total. The second-order valence-electron chi connectivity index (χ2n) is 7.46. The Morgan fingerprint density at radius 1 is 1.00 bits per heavy atom. The molecular formula is C24H24BrNO2. The minimum absolute atomic E-state index is 0.0752. The largest absolute Gasteiger partial charge is 0.381 e. The van der Waals surface area contributed by atoms with Crippen LogP contribution in [0.3, 0.4) is 0 Å². The molecular weight excluding hydrogens is 414 g/mol. The van der Waals surface area contributed by atoms with Crippen LogP contribution in [0.5, 0.6) is 0 Å². The van der Waals surface area contributed by atoms with E-state index in [4.69, 9.17) is 4.74 Å². The zero-order valence-corrected chi connectivity index (χ0v) is 17.5. The van der Waals surface area contributed by atoms with Gasteiger partial charge in [-0.1, -0.05) is 70.5 Å². The third kappa shape index (κ3) is 3.59. The minimum Gasteiger partial charge on any atom is -0.381 e. The molecule has 1 amide bonds. The second kappa shape index (κ2) is 8.06. The van der Waals surface area contributed by atoms with Gasteiger partial charge in [0, 0.05) is 17.7 Å². The Morgan fingerprint density at radius 3 is 2.43 bits per heavy atom. The normalized spacial score (nSPS) is 17.2. The fourth-order valence-corrected chi connectivity index (χ4v) is 4.44. The number of fused-ring (bicyclic) bond motifs is 1. The number of ether oxygens (including phenoxy) is 1. The van der Waals surface area contributed by atoms with Crippen LogP contribution in [0.2, 0.25) is 0 Å². The Bertz CT molecular complexity index is 972. The SMILES string of the molecule is CC(NC(=O)C1(c2ccc(Br)cc2)CCOCC1)c1cccc2ccccc12. The first-order chi connectivity index (χ1) is 13.6. The van der Waals surface area contributed by atoms with Crippen LogP contribution >= 0.6 is 15.9 Å². The van der Waals surface area contributed by atoms with Gasteiger partial charge in [-0.2, -0.15) is 0 Å². The van der Waals surface area contributed by atoms with E-state index in [1.54, 1.807) is 0 Å². The minimum atomic E-state index is -0.544. The van der Waals surface area contributed by atoms with Crippen LogP contribution in [0.25, 0.3) is 10.8 Å². The van der Waals surface area contributed by atoms with Gasteiger partial charge in [-0.15, -0.1) is 0 Å². The highest BCUT2D eigenvalue weighted by molar-refractivity contribution is 9.10. The zero-order chi connectivity index (χ0) is 19.6. The molecule has 3 aromatic rings. The molecule has 1 atom stereocenters. The van der Waals surface area contributed by atoms with Crippen molar-refractivity contribution in [3.8, 4) is 0 Å². The Morgan fingerprint density at radius 2 is 1.68 bits per heavy atom. The maximum absolute atomic E-state index is 13.5. The van der Waals surface area contributed by atoms with Crippen molar-refractivity contribution >= 4 is 32.6 Å². The molecule has 1 unspecified atom stereocenters. The second-order valence-corrected chi connectivity index (χ2v) is 8.38. The highest BCUT2D eigenvalue weighted by Gasteiger charge is 2.42. The van der Waals surface area contributed by atoms with Crippen LogP contribution in [0.4, 0.5) is 0 Å². The molecule has 0 spiro atoms. The van der Waals surface area contributed by atoms with Crippen LogP contribution in [0.1, 0.15) is 36.9 Å². The quantitative estimate of drug-likeness (QED) is 0.582. The van der Waals surface area contributed by atoms with Crippen LogP contribution < -0.4 is 5.32 Å². The molecule has 1 heterocycles. The maximum Gasteiger partial charge on any atom is 0.231 e. The van der Waals surface area contributed by atoms with E-state index in [9.17, 15) is 4.79 Å². The van der Waals surface area contributed by atoms with Crippen molar-refractivity contribution in [3.63, 3.8) is 0 Å². The summed E-state index contributed by atoms with van der Waals surface area (Å²) in [5.74, 6) is 0.0820. The molecule has 0 aliphatic carbocycles. The maximum atomic E-state index is 13.5. The summed E-state index contributed by atoms with van der Waals surface area (Å²) in [5.41, 5.74) is 1.66. The fourth-order valence-electron chi connectivity index (χ4n) is 4.18. The summed E-state index contributed by atoms with van der Waals surface area (Å²) >= 11 is 3.49. The number of rotatable bonds is 4. The Hall–Kier alpha value is -2.17. The molecule has 1 saturated heterocycles. The number of halogens is 1. The number of nitrogens with one attached hydrogen (secondary N) is 1. The zero-order valence-electron chi connectivity index (χ0n) is 16.0. The smallest absolute Gasteiger partial charge is 0.231 e. The van der Waals surface area contributed by atoms with Crippen molar-refractivity contribution in [2.45, 2.75) is 31.2 Å². The number of carbonyl (C=O) groups excluding carboxylic acids is 1. The van der Waals surface area contributed by atoms with Gasteiger partial charge in [0.2, 0.25) is 5.91 Å². The van der Waals surface area contributed by atoms with Crippen molar-refractivity contribution in [2.24, 2.45) is 0 Å². The van der Waals surface area contributed by atoms with E-state index >= 15 is 0 Å². The van der Waals surface area contributed by atoms with Gasteiger partial charge in [0.15, 0.2) is 0 Å². The van der Waals surface area contributed by atoms with E-state index in [2.05, 4.69) is 70.6 Å². The molecule has 1 fully saturated rings. The van der Waals surface area contributed by atoms with Crippen molar-refractivity contribution in [1.29, 1.82) is 0 Å². The number of benzene rings is 3. The predicted molar refractivity (Wildman–Crippen MR) is 116 cm³/mol. The Labute approximate surface area is 174 Å². The third-order valence-corrected chi connectivity index (χ3v) is 6.34. The molecule has 0 bridgehead atoms. The highest BCUT2D eigenvalue weighted by Crippen LogP contribution is 2.37. The molecule has 144 valence electrons. The summed E-state index contributed by atoms with van der Waals surface area (Å²) < 4.78 is 6.59. The molecule has 0 saturated carbocycles. The van der Waals surface area contributed by atoms with Gasteiger partial charge >= 0.3 is 0 Å². The molecule has 4 heteroatoms. The molecule has 0 radical (unpaired) electrons. The van der Waals surface area contributed by atoms with Crippen LogP contribution in [-0.2, 0) is 14.9 Å². The van der Waals surface area contributed by atoms with E-state index in [1.165, 1.54) is 10.8 Å². The summed E-state index contributed by atoms with van der Waals surface area (Å²) in [4.78, 5) is 13.5. The summed E-state index contributed by atoms with van der Waals surface area (Å²) in [6.07, 6.45) is 1.39. The monoisotopic (exact) mass is 437 g/mol. The van der Waals surface area contributed by atoms with E-state index in [1.807, 2.05) is 24.3 Å². The molecule has 1 aliphatic rings. The predicted octanol–water partition coefficient (Wildman–Crippen LogP) is 5.53. The van der Waals surface area contributed by atoms with Crippen molar-refractivity contribution in [3.05, 3.63) is 82.3 Å². The summed E-state index contributed by atoms with van der Waals surface area (Å²) in [6.45, 7) is 3.27. The molecule has 3 nitrogen and oxygen atoms in total. The van der Waals surface area contributed by atoms with Gasteiger partial charge in [-0.05, 0) is 53.8 Å². The third-order valence-electron chi connectivity index (χ3n) is 5.82. The first-order valence-corrected chi connectivity index (χ1v) is 10.5. The molecule has 28 heavy (non-hydrogen) atoms. The van der Waals surface area contributed by atoms with Gasteiger partial charge in [-0.25, -0.2) is 0 Å². The summed E-state index contributed by atoms with van der Waals surface area (Å²) in [6, 6.07) is 22.6. The Kier molecular flexibility index (Phi) is 5.51. The van der Waals surface area contributed by atoms with Crippen molar-refractivity contribution < 1.29 is 9.53 Å². The van der Waals surface area contributed by atoms with Crippen LogP contribution in [0.15, 0.2) is 71.2 Å². The van der Waals surface area contributed by atoms with E-state index in [0.717, 1.165) is 15.6 Å². The number of hydrogen-bond acceptors (Lipinski definition) is 2. The molecule has 1 aliphatic heterocycles. The standard InChI is InChI=1S/C24H24BrNO2/c1-17(21-8-4-6-18-5-2-3-7-22(18)21)26-23(27)24(13-15-28-16-14-24)19-9-11-20(25)12-10-19/h2-12,17H,13-16H2,1H3,(H,26,27). The fraction of sp³-hybridized carbons (Fsp3) is 0.292. The van der Waals surface area contributed by atoms with E-state index < -0.39 is 5.41 Å². The van der Waals surface area contributed by atoms with Gasteiger partial charge in [0.25, 0.3) is 0 Å². The Balaban J connectivity index is 1.65. The first kappa shape index (κ1) is 19.2. The van der Waals surface area contributed by atoms with Gasteiger partial charge in [0.1, 0.15) is 0 Å². The lowest BCUT2D eigenvalue weighted by atomic mass is 9.73. The van der Waals surface area contributed by atoms with E-state index in [0.29, 0.717) is 26.1 Å². The highest BCUT2D eigenvalue weighted by atomic mass is 79.9. The van der Waals surface area contributed by atoms with Crippen LogP contribution in [-0.4, -0.2) is 19.1 Å². The molecule has 0 aromatic heterocycles. The topological polar surface area (TPSA) is 38.3 Å². The summed E-state index contributed by atoms with van der Waals surface area (Å²) in [5, 5.41) is 5.68. The molecule has 4 rings (SSSR count). The number of carbonyl (C=O) groups is 1. The molecule has 3 aromatic carbocycles. The number of amides is 1. The van der Waals surface area contributed by atoms with E-state index in [-0.39, 0.29) is 11.9 Å². The van der Waals surface area contributed by atoms with Gasteiger partial charge in [0.05, 0.1) is 11.5 Å². The van der Waals surface area contributed by atoms with Crippen molar-refractivity contribution in [1.82, 2.24) is 5.32 Å². The lowest BCUT2D eigenvalue weighted by Gasteiger charge is -2.37. The lowest BCUT2D eigenvalue weighted by molar-refractivity contribution is -0.131. The number of hydrogen-bond donors (Lipinski definition) is 1. The lowest BCUT2D eigenvalue weighted by Crippen LogP contribution is -2.48. The van der Waals surface area contributed by atoms with Crippen molar-refractivity contribution in [2.75, 3.05) is 13.2 Å². The van der Waals surface area contributed by atoms with Crippen LogP contribution in [0, 0.1) is 0 Å². The first-order valence-electron chi connectivity index (χ1n) is 9.72. The average Bonchev–Trinajstić information content (AvgIpc) is 2.74. The van der Waals surface area contributed by atoms with Gasteiger partial charge in [-0.3, -0.25) is 4.79 Å².